The zero-order valence-corrected chi connectivity index (χ0v) is 15.1. The van der Waals surface area contributed by atoms with E-state index in [0.717, 1.165) is 4.68 Å². The Kier molecular flexibility index (Phi) is 5.75. The lowest BCUT2D eigenvalue weighted by Gasteiger charge is -2.12. The minimum Gasteiger partial charge on any atom is -0.433 e. The maximum atomic E-state index is 12.7. The van der Waals surface area contributed by atoms with E-state index in [1.807, 2.05) is 0 Å². The van der Waals surface area contributed by atoms with Crippen molar-refractivity contribution in [3.8, 4) is 11.6 Å². The molecule has 2 rings (SSSR count). The normalized spacial score (nSPS) is 11.5. The number of alkyl halides is 3. The molecule has 136 valence electrons. The largest absolute Gasteiger partial charge is 0.433 e. The molecule has 0 aliphatic carbocycles. The first-order chi connectivity index (χ1) is 11.6. The van der Waals surface area contributed by atoms with E-state index in [1.165, 1.54) is 6.92 Å². The highest BCUT2D eigenvalue weighted by molar-refractivity contribution is 6.37. The van der Waals surface area contributed by atoms with Crippen LogP contribution < -0.4 is 10.1 Å². The van der Waals surface area contributed by atoms with Gasteiger partial charge in [0.15, 0.2) is 5.75 Å². The van der Waals surface area contributed by atoms with Gasteiger partial charge in [0.25, 0.3) is 5.88 Å². The summed E-state index contributed by atoms with van der Waals surface area (Å²) in [6.45, 7) is 3.60. The molecule has 0 radical (unpaired) electrons. The first kappa shape index (κ1) is 19.7. The van der Waals surface area contributed by atoms with E-state index in [0.29, 0.717) is 18.7 Å². The van der Waals surface area contributed by atoms with Gasteiger partial charge in [0.2, 0.25) is 0 Å². The zero-order valence-electron chi connectivity index (χ0n) is 12.8. The van der Waals surface area contributed by atoms with Crippen molar-refractivity contribution < 1.29 is 22.7 Å². The molecule has 0 saturated heterocycles. The van der Waals surface area contributed by atoms with Crippen LogP contribution in [0.2, 0.25) is 15.1 Å². The lowest BCUT2D eigenvalue weighted by atomic mass is 10.2. The number of hydrogen-bond acceptors (Lipinski definition) is 3. The zero-order chi connectivity index (χ0) is 18.9. The number of rotatable bonds is 3. The van der Waals surface area contributed by atoms with Crippen molar-refractivity contribution in [3.05, 3.63) is 38.5 Å². The van der Waals surface area contributed by atoms with E-state index in [9.17, 15) is 18.0 Å². The summed E-state index contributed by atoms with van der Waals surface area (Å²) in [5.41, 5.74) is -0.744. The molecule has 0 aliphatic heterocycles. The van der Waals surface area contributed by atoms with E-state index < -0.39 is 17.8 Å². The Labute approximate surface area is 155 Å². The third-order valence-electron chi connectivity index (χ3n) is 3.06. The molecule has 0 aliphatic rings. The highest BCUT2D eigenvalue weighted by atomic mass is 35.5. The molecule has 0 unspecified atom stereocenters. The molecule has 2 aromatic rings. The summed E-state index contributed by atoms with van der Waals surface area (Å²) in [7, 11) is 0. The van der Waals surface area contributed by atoms with E-state index in [1.54, 1.807) is 6.92 Å². The first-order valence-corrected chi connectivity index (χ1v) is 7.97. The minimum atomic E-state index is -4.61. The second-order valence-electron chi connectivity index (χ2n) is 4.82. The van der Waals surface area contributed by atoms with E-state index >= 15 is 0 Å². The Hall–Kier alpha value is -1.64. The van der Waals surface area contributed by atoms with E-state index in [4.69, 9.17) is 39.5 Å². The van der Waals surface area contributed by atoms with Crippen molar-refractivity contribution in [1.82, 2.24) is 15.1 Å². The van der Waals surface area contributed by atoms with Crippen LogP contribution in [-0.2, 0) is 6.18 Å². The number of ether oxygens (including phenoxy) is 1. The molecule has 1 heterocycles. The van der Waals surface area contributed by atoms with Crippen LogP contribution in [0.5, 0.6) is 11.6 Å². The maximum Gasteiger partial charge on any atom is 0.416 e. The molecular formula is C14H11Cl3F3N3O2. The second-order valence-corrected chi connectivity index (χ2v) is 6.01. The predicted octanol–water partition coefficient (Wildman–Crippen LogP) is 5.54. The minimum absolute atomic E-state index is 0.00159. The molecule has 0 spiro atoms. The lowest BCUT2D eigenvalue weighted by molar-refractivity contribution is -0.137. The second kappa shape index (κ2) is 7.31. The van der Waals surface area contributed by atoms with Gasteiger partial charge in [0.05, 0.1) is 21.3 Å². The van der Waals surface area contributed by atoms with Gasteiger partial charge >= 0.3 is 12.2 Å². The van der Waals surface area contributed by atoms with Crippen LogP contribution in [0.25, 0.3) is 0 Å². The standard InChI is InChI=1S/C14H11Cl3F3N3O2/c1-3-21-13(24)23-6(2)10(17)12(22-23)25-11-8(15)4-7(5-9(11)16)14(18,19)20/h4-5H,3H2,1-2H3,(H,21,24). The summed E-state index contributed by atoms with van der Waals surface area (Å²) in [6.07, 6.45) is -4.61. The lowest BCUT2D eigenvalue weighted by Crippen LogP contribution is -2.29. The monoisotopic (exact) mass is 415 g/mol. The average Bonchev–Trinajstić information content (AvgIpc) is 2.78. The molecule has 0 saturated carbocycles. The van der Waals surface area contributed by atoms with Crippen molar-refractivity contribution in [1.29, 1.82) is 0 Å². The molecule has 1 N–H and O–H groups in total. The van der Waals surface area contributed by atoms with Crippen LogP contribution in [0.4, 0.5) is 18.0 Å². The fourth-order valence-electron chi connectivity index (χ4n) is 1.86. The van der Waals surface area contributed by atoms with Crippen LogP contribution in [0.3, 0.4) is 0 Å². The van der Waals surface area contributed by atoms with Crippen molar-refractivity contribution in [2.45, 2.75) is 20.0 Å². The third kappa shape index (κ3) is 4.13. The predicted molar refractivity (Wildman–Crippen MR) is 88.0 cm³/mol. The fourth-order valence-corrected chi connectivity index (χ4v) is 2.58. The van der Waals surface area contributed by atoms with Gasteiger partial charge in [-0.2, -0.15) is 17.9 Å². The van der Waals surface area contributed by atoms with E-state index in [2.05, 4.69) is 10.4 Å². The Morgan fingerprint density at radius 1 is 1.28 bits per heavy atom. The molecule has 1 amide bonds. The molecular weight excluding hydrogens is 406 g/mol. The van der Waals surface area contributed by atoms with Gasteiger partial charge in [-0.05, 0) is 26.0 Å². The van der Waals surface area contributed by atoms with Crippen LogP contribution in [0, 0.1) is 6.92 Å². The molecule has 11 heteroatoms. The van der Waals surface area contributed by atoms with Gasteiger partial charge in [-0.25, -0.2) is 4.79 Å². The van der Waals surface area contributed by atoms with Crippen molar-refractivity contribution in [3.63, 3.8) is 0 Å². The summed E-state index contributed by atoms with van der Waals surface area (Å²) in [4.78, 5) is 11.9. The number of carbonyl (C=O) groups excluding carboxylic acids is 1. The fraction of sp³-hybridized carbons (Fsp3) is 0.286. The molecule has 0 bridgehead atoms. The highest BCUT2D eigenvalue weighted by Crippen LogP contribution is 2.42. The maximum absolute atomic E-state index is 12.7. The van der Waals surface area contributed by atoms with Gasteiger partial charge in [-0.15, -0.1) is 5.10 Å². The summed E-state index contributed by atoms with van der Waals surface area (Å²) in [5, 5.41) is 5.66. The van der Waals surface area contributed by atoms with Gasteiger partial charge < -0.3 is 10.1 Å². The van der Waals surface area contributed by atoms with Crippen molar-refractivity contribution in [2.24, 2.45) is 0 Å². The molecule has 1 aromatic carbocycles. The average molecular weight is 417 g/mol. The summed E-state index contributed by atoms with van der Waals surface area (Å²) >= 11 is 17.7. The molecule has 1 aromatic heterocycles. The summed E-state index contributed by atoms with van der Waals surface area (Å²) in [5.74, 6) is -0.465. The number of nitrogens with zero attached hydrogens (tertiary/aromatic N) is 2. The Bertz CT molecular complexity index is 799. The van der Waals surface area contributed by atoms with Crippen molar-refractivity contribution >= 4 is 40.8 Å². The highest BCUT2D eigenvalue weighted by Gasteiger charge is 2.32. The number of aromatic nitrogens is 2. The smallest absolute Gasteiger partial charge is 0.416 e. The van der Waals surface area contributed by atoms with Crippen LogP contribution in [0.15, 0.2) is 12.1 Å². The Morgan fingerprint density at radius 2 is 1.84 bits per heavy atom. The Morgan fingerprint density at radius 3 is 2.32 bits per heavy atom. The van der Waals surface area contributed by atoms with Crippen molar-refractivity contribution in [2.75, 3.05) is 6.54 Å². The third-order valence-corrected chi connectivity index (χ3v) is 4.06. The number of amides is 1. The number of halogens is 6. The quantitative estimate of drug-likeness (QED) is 0.715. The van der Waals surface area contributed by atoms with Crippen LogP contribution >= 0.6 is 34.8 Å². The van der Waals surface area contributed by atoms with Gasteiger partial charge in [-0.1, -0.05) is 34.8 Å². The summed E-state index contributed by atoms with van der Waals surface area (Å²) < 4.78 is 44.6. The summed E-state index contributed by atoms with van der Waals surface area (Å²) in [6, 6.07) is 0.801. The first-order valence-electron chi connectivity index (χ1n) is 6.83. The number of carbonyl (C=O) groups is 1. The van der Waals surface area contributed by atoms with Gasteiger partial charge in [0, 0.05) is 6.54 Å². The Balaban J connectivity index is 2.41. The number of hydrogen-bond donors (Lipinski definition) is 1. The number of benzene rings is 1. The van der Waals surface area contributed by atoms with Gasteiger partial charge in [-0.3, -0.25) is 0 Å². The van der Waals surface area contributed by atoms with Crippen LogP contribution in [0.1, 0.15) is 18.2 Å². The topological polar surface area (TPSA) is 56.2 Å². The van der Waals surface area contributed by atoms with Crippen LogP contribution in [-0.4, -0.2) is 22.4 Å². The number of nitrogens with one attached hydrogen (secondary N) is 1. The molecule has 25 heavy (non-hydrogen) atoms. The molecule has 0 fully saturated rings. The molecule has 5 nitrogen and oxygen atoms in total. The van der Waals surface area contributed by atoms with Gasteiger partial charge in [0.1, 0.15) is 5.02 Å². The molecule has 0 atom stereocenters. The van der Waals surface area contributed by atoms with E-state index in [-0.39, 0.29) is 32.4 Å². The SMILES string of the molecule is CCNC(=O)n1nc(Oc2c(Cl)cc(C(F)(F)F)cc2Cl)c(Cl)c1C.